The lowest BCUT2D eigenvalue weighted by molar-refractivity contribution is 0.476. The van der Waals surface area contributed by atoms with Crippen LogP contribution in [0.15, 0.2) is 47.8 Å². The van der Waals surface area contributed by atoms with Crippen LogP contribution in [0, 0.1) is 0 Å². The molecule has 0 radical (unpaired) electrons. The van der Waals surface area contributed by atoms with E-state index in [9.17, 15) is 0 Å². The summed E-state index contributed by atoms with van der Waals surface area (Å²) in [5.74, 6) is 3.62. The van der Waals surface area contributed by atoms with E-state index in [1.165, 1.54) is 112 Å². The minimum Gasteiger partial charge on any atom is -0.325 e. The summed E-state index contributed by atoms with van der Waals surface area (Å²) in [6.45, 7) is 21.5. The van der Waals surface area contributed by atoms with E-state index in [0.29, 0.717) is 23.7 Å². The Labute approximate surface area is 297 Å². The summed E-state index contributed by atoms with van der Waals surface area (Å²) in [4.78, 5) is 5.82. The number of benzene rings is 2. The number of nitrogens with zero attached hydrogens (tertiary/aromatic N) is 2. The minimum atomic E-state index is -0.0381. The minimum absolute atomic E-state index is 0.0381. The molecule has 0 N–H and O–H groups in total. The molecule has 4 aliphatic rings. The summed E-state index contributed by atoms with van der Waals surface area (Å²) in [6.07, 6.45) is 20.4. The number of hydrogen-bond donors (Lipinski definition) is 0. The predicted molar refractivity (Wildman–Crippen MR) is 214 cm³/mol. The molecule has 4 fully saturated rings. The van der Waals surface area contributed by atoms with E-state index >= 15 is 0 Å². The third kappa shape index (κ3) is 7.32. The van der Waals surface area contributed by atoms with Crippen molar-refractivity contribution >= 4 is 19.3 Å². The first kappa shape index (κ1) is 36.0. The van der Waals surface area contributed by atoms with Gasteiger partial charge < -0.3 is 9.80 Å². The molecule has 1 heterocycles. The summed E-state index contributed by atoms with van der Waals surface area (Å²) >= 11 is 0. The average Bonchev–Trinajstić information content (AvgIpc) is 3.53. The number of hydrogen-bond acceptors (Lipinski definition) is 2. The van der Waals surface area contributed by atoms with E-state index in [0.717, 1.165) is 30.1 Å². The van der Waals surface area contributed by atoms with Gasteiger partial charge in [-0.1, -0.05) is 145 Å². The van der Waals surface area contributed by atoms with E-state index in [2.05, 4.69) is 102 Å². The van der Waals surface area contributed by atoms with Gasteiger partial charge in [-0.15, -0.1) is 0 Å². The van der Waals surface area contributed by atoms with Gasteiger partial charge in [0.2, 0.25) is 0 Å². The normalized spacial score (nSPS) is 22.1. The van der Waals surface area contributed by atoms with Crippen molar-refractivity contribution < 1.29 is 0 Å². The molecule has 0 aromatic heterocycles. The van der Waals surface area contributed by atoms with Crippen LogP contribution >= 0.6 is 7.92 Å². The van der Waals surface area contributed by atoms with Gasteiger partial charge in [-0.25, -0.2) is 0 Å². The van der Waals surface area contributed by atoms with Crippen molar-refractivity contribution in [3.63, 3.8) is 0 Å². The smallest absolute Gasteiger partial charge is 0.113 e. The summed E-state index contributed by atoms with van der Waals surface area (Å²) in [5, 5.41) is 0. The Hall–Kier alpha value is -1.79. The summed E-state index contributed by atoms with van der Waals surface area (Å²) < 4.78 is 0. The number of para-hydroxylation sites is 2. The van der Waals surface area contributed by atoms with Crippen molar-refractivity contribution in [3.05, 3.63) is 70.0 Å². The fourth-order valence-corrected chi connectivity index (χ4v) is 14.8. The number of anilines is 2. The van der Waals surface area contributed by atoms with Crippen molar-refractivity contribution in [1.82, 2.24) is 0 Å². The summed E-state index contributed by atoms with van der Waals surface area (Å²) in [7, 11) is -0.0381. The Morgan fingerprint density at radius 2 is 0.875 bits per heavy atom. The first-order valence-corrected chi connectivity index (χ1v) is 22.0. The molecule has 0 bridgehead atoms. The second kappa shape index (κ2) is 16.0. The lowest BCUT2D eigenvalue weighted by atomic mass is 9.89. The SMILES string of the molecule is CC(C)c1cccc(C(C)C)c1N1CCN(c2c(C(C)C)cccc2C(C)C)C1=C1CCCCC1P(C1CCCCC1)C1CCCCC1. The van der Waals surface area contributed by atoms with Crippen molar-refractivity contribution in [2.75, 3.05) is 22.9 Å². The molecule has 3 aliphatic carbocycles. The van der Waals surface area contributed by atoms with E-state index in [1.807, 2.05) is 5.57 Å². The van der Waals surface area contributed by atoms with Crippen LogP contribution in [0.4, 0.5) is 11.4 Å². The quantitative estimate of drug-likeness (QED) is 0.245. The molecule has 0 spiro atoms. The van der Waals surface area contributed by atoms with E-state index in [1.54, 1.807) is 17.2 Å². The lowest BCUT2D eigenvalue weighted by Crippen LogP contribution is -2.35. The molecule has 6 rings (SSSR count). The van der Waals surface area contributed by atoms with Gasteiger partial charge in [0, 0.05) is 30.1 Å². The zero-order chi connectivity index (χ0) is 33.9. The van der Waals surface area contributed by atoms with Crippen molar-refractivity contribution in [2.24, 2.45) is 0 Å². The largest absolute Gasteiger partial charge is 0.325 e. The van der Waals surface area contributed by atoms with Crippen LogP contribution < -0.4 is 9.80 Å². The van der Waals surface area contributed by atoms with Crippen molar-refractivity contribution in [2.45, 2.75) is 186 Å². The molecule has 1 aliphatic heterocycles. The number of allylic oxidation sites excluding steroid dienone is 1. The second-order valence-electron chi connectivity index (χ2n) is 17.1. The zero-order valence-electron chi connectivity index (χ0n) is 32.2. The first-order chi connectivity index (χ1) is 23.2. The highest BCUT2D eigenvalue weighted by Crippen LogP contribution is 2.64. The second-order valence-corrected chi connectivity index (χ2v) is 20.1. The average molecular weight is 669 g/mol. The van der Waals surface area contributed by atoms with Gasteiger partial charge in [0.15, 0.2) is 0 Å². The highest BCUT2D eigenvalue weighted by molar-refractivity contribution is 7.60. The highest BCUT2D eigenvalue weighted by atomic mass is 31.1. The Morgan fingerprint density at radius 1 is 0.500 bits per heavy atom. The molecule has 1 saturated heterocycles. The number of rotatable bonds is 9. The summed E-state index contributed by atoms with van der Waals surface area (Å²) in [5.41, 5.74) is 13.9. The van der Waals surface area contributed by atoms with Crippen LogP contribution in [0.5, 0.6) is 0 Å². The van der Waals surface area contributed by atoms with E-state index in [-0.39, 0.29) is 7.92 Å². The molecule has 264 valence electrons. The summed E-state index contributed by atoms with van der Waals surface area (Å²) in [6, 6.07) is 14.5. The van der Waals surface area contributed by atoms with Crippen LogP contribution in [-0.4, -0.2) is 30.1 Å². The molecule has 2 aromatic rings. The van der Waals surface area contributed by atoms with Crippen LogP contribution in [0.3, 0.4) is 0 Å². The van der Waals surface area contributed by atoms with Crippen molar-refractivity contribution in [1.29, 1.82) is 0 Å². The maximum Gasteiger partial charge on any atom is 0.113 e. The maximum atomic E-state index is 2.91. The van der Waals surface area contributed by atoms with Crippen LogP contribution in [0.2, 0.25) is 0 Å². The van der Waals surface area contributed by atoms with Crippen LogP contribution in [-0.2, 0) is 0 Å². The fraction of sp³-hybridized carbons (Fsp3) is 0.689. The third-order valence-corrected chi connectivity index (χ3v) is 16.5. The zero-order valence-corrected chi connectivity index (χ0v) is 33.1. The van der Waals surface area contributed by atoms with Crippen molar-refractivity contribution in [3.8, 4) is 0 Å². The molecular weight excluding hydrogens is 599 g/mol. The van der Waals surface area contributed by atoms with Gasteiger partial charge in [-0.2, -0.15) is 0 Å². The molecule has 2 aromatic carbocycles. The molecule has 48 heavy (non-hydrogen) atoms. The molecule has 1 atom stereocenters. The molecule has 0 amide bonds. The van der Waals surface area contributed by atoms with Gasteiger partial charge in [-0.3, -0.25) is 0 Å². The van der Waals surface area contributed by atoms with Crippen LogP contribution in [0.25, 0.3) is 0 Å². The molecule has 2 nitrogen and oxygen atoms in total. The first-order valence-electron chi connectivity index (χ1n) is 20.5. The Bertz CT molecular complexity index is 1250. The fourth-order valence-electron chi connectivity index (χ4n) is 10.1. The topological polar surface area (TPSA) is 6.48 Å². The van der Waals surface area contributed by atoms with Gasteiger partial charge in [0.1, 0.15) is 5.82 Å². The highest BCUT2D eigenvalue weighted by Gasteiger charge is 2.43. The monoisotopic (exact) mass is 669 g/mol. The lowest BCUT2D eigenvalue weighted by Gasteiger charge is -2.47. The third-order valence-electron chi connectivity index (χ3n) is 12.5. The van der Waals surface area contributed by atoms with Gasteiger partial charge in [0.25, 0.3) is 0 Å². The Kier molecular flexibility index (Phi) is 12.0. The standard InChI is InChI=1S/C45H69N2P/c1-31(2)37-24-17-25-38(32(3)4)43(37)46-29-30-47(44-39(33(5)6)26-18-27-40(44)34(7)8)45(46)41-23-15-16-28-42(41)48(35-19-11-9-12-20-35)36-21-13-10-14-22-36/h17-18,24-27,31-36,42H,9-16,19-23,28-30H2,1-8H3. The molecule has 3 heteroatoms. The van der Waals surface area contributed by atoms with Gasteiger partial charge >= 0.3 is 0 Å². The van der Waals surface area contributed by atoms with Gasteiger partial charge in [-0.05, 0) is 108 Å². The molecule has 3 saturated carbocycles. The Morgan fingerprint density at radius 3 is 1.25 bits per heavy atom. The predicted octanol–water partition coefficient (Wildman–Crippen LogP) is 13.8. The van der Waals surface area contributed by atoms with Crippen LogP contribution in [0.1, 0.15) is 191 Å². The van der Waals surface area contributed by atoms with E-state index in [4.69, 9.17) is 0 Å². The maximum absolute atomic E-state index is 2.91. The molecular formula is C45H69N2P. The Balaban J connectivity index is 1.61. The van der Waals surface area contributed by atoms with Gasteiger partial charge in [0.05, 0.1) is 0 Å². The van der Waals surface area contributed by atoms with E-state index < -0.39 is 0 Å². The molecule has 1 unspecified atom stereocenters.